The Kier molecular flexibility index (Phi) is 3.99. The molecule has 84 valence electrons. The zero-order valence-electron chi connectivity index (χ0n) is 8.01. The third kappa shape index (κ3) is 4.10. The number of benzene rings is 1. The number of hydrogen-bond acceptors (Lipinski definition) is 1. The van der Waals surface area contributed by atoms with Crippen molar-refractivity contribution in [1.29, 1.82) is 0 Å². The Morgan fingerprint density at radius 1 is 1.27 bits per heavy atom. The molecule has 0 heterocycles. The van der Waals surface area contributed by atoms with Crippen LogP contribution in [0.25, 0.3) is 0 Å². The molecule has 0 bridgehead atoms. The normalized spacial score (nSPS) is 13.9. The molecule has 0 N–H and O–H groups in total. The Hall–Kier alpha value is -0.740. The Balaban J connectivity index is 2.65. The van der Waals surface area contributed by atoms with Gasteiger partial charge in [-0.1, -0.05) is 23.7 Å². The van der Waals surface area contributed by atoms with Gasteiger partial charge in [0.25, 0.3) is 0 Å². The average Bonchev–Trinajstić information content (AvgIpc) is 2.14. The van der Waals surface area contributed by atoms with E-state index in [1.807, 2.05) is 0 Å². The van der Waals surface area contributed by atoms with Crippen LogP contribution < -0.4 is 0 Å². The van der Waals surface area contributed by atoms with Crippen molar-refractivity contribution in [1.82, 2.24) is 0 Å². The monoisotopic (exact) mass is 238 g/mol. The van der Waals surface area contributed by atoms with Crippen molar-refractivity contribution < 1.29 is 17.9 Å². The molecule has 0 saturated carbocycles. The molecule has 1 atom stereocenters. The van der Waals surface area contributed by atoms with Gasteiger partial charge in [-0.25, -0.2) is 0 Å². The SMILES string of the molecule is CC(Cl)OCc1ccc(C(F)(F)F)cc1. The molecule has 0 amide bonds. The average molecular weight is 239 g/mol. The molecule has 1 unspecified atom stereocenters. The summed E-state index contributed by atoms with van der Waals surface area (Å²) in [5, 5.41) is 0. The van der Waals surface area contributed by atoms with E-state index >= 15 is 0 Å². The zero-order valence-corrected chi connectivity index (χ0v) is 8.77. The van der Waals surface area contributed by atoms with Gasteiger partial charge in [0.05, 0.1) is 12.2 Å². The third-order valence-corrected chi connectivity index (χ3v) is 1.89. The van der Waals surface area contributed by atoms with Gasteiger partial charge in [0.1, 0.15) is 5.56 Å². The predicted molar refractivity (Wildman–Crippen MR) is 51.5 cm³/mol. The number of hydrogen-bond donors (Lipinski definition) is 0. The Labute approximate surface area is 90.8 Å². The number of alkyl halides is 4. The molecule has 1 rings (SSSR count). The molecular formula is C10H10ClF3O. The molecule has 0 saturated heterocycles. The lowest BCUT2D eigenvalue weighted by molar-refractivity contribution is -0.137. The molecule has 0 fully saturated rings. The van der Waals surface area contributed by atoms with Gasteiger partial charge < -0.3 is 4.74 Å². The van der Waals surface area contributed by atoms with Gasteiger partial charge in [-0.3, -0.25) is 0 Å². The first-order valence-corrected chi connectivity index (χ1v) is 4.75. The second-order valence-corrected chi connectivity index (χ2v) is 3.66. The van der Waals surface area contributed by atoms with Crippen molar-refractivity contribution in [3.05, 3.63) is 35.4 Å². The zero-order chi connectivity index (χ0) is 11.5. The Bertz CT molecular complexity index is 305. The van der Waals surface area contributed by atoms with E-state index in [4.69, 9.17) is 16.3 Å². The van der Waals surface area contributed by atoms with E-state index in [1.165, 1.54) is 12.1 Å². The van der Waals surface area contributed by atoms with Gasteiger partial charge in [0.2, 0.25) is 0 Å². The van der Waals surface area contributed by atoms with E-state index in [1.54, 1.807) is 6.92 Å². The van der Waals surface area contributed by atoms with Crippen LogP contribution in [-0.4, -0.2) is 5.56 Å². The maximum atomic E-state index is 12.2. The number of halogens is 4. The van der Waals surface area contributed by atoms with Crippen molar-refractivity contribution in [3.63, 3.8) is 0 Å². The first-order valence-electron chi connectivity index (χ1n) is 4.31. The summed E-state index contributed by atoms with van der Waals surface area (Å²) in [6.07, 6.45) is -4.29. The van der Waals surface area contributed by atoms with Crippen LogP contribution in [0.4, 0.5) is 13.2 Å². The van der Waals surface area contributed by atoms with Gasteiger partial charge >= 0.3 is 6.18 Å². The molecule has 0 aliphatic rings. The molecule has 15 heavy (non-hydrogen) atoms. The lowest BCUT2D eigenvalue weighted by Gasteiger charge is -2.08. The number of rotatable bonds is 3. The maximum Gasteiger partial charge on any atom is 0.416 e. The lowest BCUT2D eigenvalue weighted by atomic mass is 10.1. The molecule has 0 aliphatic heterocycles. The van der Waals surface area contributed by atoms with Crippen molar-refractivity contribution in [2.45, 2.75) is 25.3 Å². The van der Waals surface area contributed by atoms with E-state index in [0.717, 1.165) is 12.1 Å². The summed E-state index contributed by atoms with van der Waals surface area (Å²) in [6.45, 7) is 1.86. The first kappa shape index (κ1) is 12.3. The Morgan fingerprint density at radius 3 is 2.20 bits per heavy atom. The van der Waals surface area contributed by atoms with E-state index in [2.05, 4.69) is 0 Å². The molecule has 0 spiro atoms. The minimum absolute atomic E-state index is 0.211. The van der Waals surface area contributed by atoms with Crippen molar-refractivity contribution in [3.8, 4) is 0 Å². The largest absolute Gasteiger partial charge is 0.416 e. The second kappa shape index (κ2) is 4.86. The van der Waals surface area contributed by atoms with Gasteiger partial charge in [-0.15, -0.1) is 0 Å². The molecule has 5 heteroatoms. The summed E-state index contributed by atoms with van der Waals surface area (Å²) in [5.41, 5.74) is -0.451. The van der Waals surface area contributed by atoms with Crippen LogP contribution in [0.15, 0.2) is 24.3 Å². The van der Waals surface area contributed by atoms with Gasteiger partial charge in [0.15, 0.2) is 0 Å². The van der Waals surface area contributed by atoms with Crippen LogP contribution in [-0.2, 0) is 17.5 Å². The molecular weight excluding hydrogens is 229 g/mol. The van der Waals surface area contributed by atoms with Crippen LogP contribution in [0, 0.1) is 0 Å². The van der Waals surface area contributed by atoms with E-state index < -0.39 is 17.3 Å². The lowest BCUT2D eigenvalue weighted by Crippen LogP contribution is -2.05. The van der Waals surface area contributed by atoms with E-state index in [-0.39, 0.29) is 6.61 Å². The van der Waals surface area contributed by atoms with Crippen LogP contribution in [0.2, 0.25) is 0 Å². The van der Waals surface area contributed by atoms with E-state index in [0.29, 0.717) is 5.56 Å². The maximum absolute atomic E-state index is 12.2. The fraction of sp³-hybridized carbons (Fsp3) is 0.400. The molecule has 0 aliphatic carbocycles. The van der Waals surface area contributed by atoms with E-state index in [9.17, 15) is 13.2 Å². The summed E-state index contributed by atoms with van der Waals surface area (Å²) >= 11 is 5.53. The smallest absolute Gasteiger partial charge is 0.358 e. The highest BCUT2D eigenvalue weighted by molar-refractivity contribution is 6.19. The van der Waals surface area contributed by atoms with Gasteiger partial charge in [-0.05, 0) is 24.6 Å². The fourth-order valence-electron chi connectivity index (χ4n) is 1.00. The summed E-state index contributed by atoms with van der Waals surface area (Å²) in [6, 6.07) is 4.80. The van der Waals surface area contributed by atoms with Crippen molar-refractivity contribution >= 4 is 11.6 Å². The minimum Gasteiger partial charge on any atom is -0.358 e. The third-order valence-electron chi connectivity index (χ3n) is 1.76. The summed E-state index contributed by atoms with van der Waals surface area (Å²) in [4.78, 5) is 0. The standard InChI is InChI=1S/C10H10ClF3O/c1-7(11)15-6-8-2-4-9(5-3-8)10(12,13)14/h2-5,7H,6H2,1H3. The highest BCUT2D eigenvalue weighted by Gasteiger charge is 2.29. The molecule has 1 nitrogen and oxygen atoms in total. The van der Waals surface area contributed by atoms with Crippen LogP contribution in [0.1, 0.15) is 18.1 Å². The van der Waals surface area contributed by atoms with Gasteiger partial charge in [0, 0.05) is 0 Å². The summed E-state index contributed by atoms with van der Waals surface area (Å²) in [7, 11) is 0. The second-order valence-electron chi connectivity index (χ2n) is 3.05. The highest BCUT2D eigenvalue weighted by Crippen LogP contribution is 2.29. The molecule has 0 aromatic heterocycles. The van der Waals surface area contributed by atoms with Crippen LogP contribution in [0.3, 0.4) is 0 Å². The molecule has 0 radical (unpaired) electrons. The highest BCUT2D eigenvalue weighted by atomic mass is 35.5. The topological polar surface area (TPSA) is 9.23 Å². The molecule has 1 aromatic carbocycles. The van der Waals surface area contributed by atoms with Crippen LogP contribution in [0.5, 0.6) is 0 Å². The first-order chi connectivity index (χ1) is 6.89. The van der Waals surface area contributed by atoms with Gasteiger partial charge in [-0.2, -0.15) is 13.2 Å². The number of ether oxygens (including phenoxy) is 1. The van der Waals surface area contributed by atoms with Crippen LogP contribution >= 0.6 is 11.6 Å². The molecule has 1 aromatic rings. The van der Waals surface area contributed by atoms with Crippen molar-refractivity contribution in [2.24, 2.45) is 0 Å². The Morgan fingerprint density at radius 2 is 1.80 bits per heavy atom. The summed E-state index contributed by atoms with van der Waals surface area (Å²) < 4.78 is 41.6. The van der Waals surface area contributed by atoms with Crippen molar-refractivity contribution in [2.75, 3.05) is 0 Å². The quantitative estimate of drug-likeness (QED) is 0.728. The fourth-order valence-corrected chi connectivity index (χ4v) is 1.06. The minimum atomic E-state index is -4.29. The predicted octanol–water partition coefficient (Wildman–Crippen LogP) is 3.81. The summed E-state index contributed by atoms with van der Waals surface area (Å²) in [5.74, 6) is 0.